The Kier molecular flexibility index (Phi) is 5.51. The van der Waals surface area contributed by atoms with Crippen molar-refractivity contribution in [3.8, 4) is 0 Å². The fourth-order valence-corrected chi connectivity index (χ4v) is 1.69. The van der Waals surface area contributed by atoms with Crippen LogP contribution in [0.15, 0.2) is 18.2 Å². The third-order valence-electron chi connectivity index (χ3n) is 2.79. The molecule has 1 aromatic carbocycles. The molecular weight excluding hydrogens is 237 g/mol. The van der Waals surface area contributed by atoms with E-state index >= 15 is 0 Å². The molecule has 0 amide bonds. The monoisotopic (exact) mass is 255 g/mol. The van der Waals surface area contributed by atoms with E-state index < -0.39 is 10.7 Å². The van der Waals surface area contributed by atoms with E-state index in [1.54, 1.807) is 0 Å². The van der Waals surface area contributed by atoms with Crippen molar-refractivity contribution in [2.45, 2.75) is 13.8 Å². The molecule has 0 fully saturated rings. The lowest BCUT2D eigenvalue weighted by Crippen LogP contribution is -2.28. The lowest BCUT2D eigenvalue weighted by Gasteiger charge is -2.18. The summed E-state index contributed by atoms with van der Waals surface area (Å²) < 4.78 is 12.9. The minimum absolute atomic E-state index is 0.227. The fourth-order valence-electron chi connectivity index (χ4n) is 1.69. The summed E-state index contributed by atoms with van der Waals surface area (Å²) in [5.41, 5.74) is 0.128. The van der Waals surface area contributed by atoms with Crippen LogP contribution < -0.4 is 5.32 Å². The maximum absolute atomic E-state index is 12.9. The number of anilines is 1. The summed E-state index contributed by atoms with van der Waals surface area (Å²) in [6.45, 7) is 7.37. The van der Waals surface area contributed by atoms with E-state index in [0.717, 1.165) is 25.7 Å². The zero-order chi connectivity index (χ0) is 13.5. The number of rotatable bonds is 7. The van der Waals surface area contributed by atoms with Gasteiger partial charge in [0.25, 0.3) is 5.69 Å². The van der Waals surface area contributed by atoms with Gasteiger partial charge >= 0.3 is 0 Å². The smallest absolute Gasteiger partial charge is 0.295 e. The average Bonchev–Trinajstić information content (AvgIpc) is 2.36. The summed E-state index contributed by atoms with van der Waals surface area (Å²) in [6.07, 6.45) is 0. The topological polar surface area (TPSA) is 58.4 Å². The number of halogens is 1. The molecule has 0 aliphatic heterocycles. The van der Waals surface area contributed by atoms with Gasteiger partial charge in [0.15, 0.2) is 0 Å². The van der Waals surface area contributed by atoms with Crippen molar-refractivity contribution in [1.82, 2.24) is 4.90 Å². The highest BCUT2D eigenvalue weighted by molar-refractivity contribution is 5.61. The second-order valence-electron chi connectivity index (χ2n) is 3.87. The Bertz CT molecular complexity index is 408. The van der Waals surface area contributed by atoms with E-state index in [-0.39, 0.29) is 5.69 Å². The van der Waals surface area contributed by atoms with Gasteiger partial charge in [0.05, 0.1) is 11.0 Å². The van der Waals surface area contributed by atoms with Gasteiger partial charge in [-0.25, -0.2) is 4.39 Å². The summed E-state index contributed by atoms with van der Waals surface area (Å²) in [7, 11) is 0. The van der Waals surface area contributed by atoms with Crippen LogP contribution in [-0.2, 0) is 0 Å². The molecule has 0 radical (unpaired) electrons. The molecule has 100 valence electrons. The highest BCUT2D eigenvalue weighted by Gasteiger charge is 2.14. The molecule has 18 heavy (non-hydrogen) atoms. The minimum Gasteiger partial charge on any atom is -0.378 e. The van der Waals surface area contributed by atoms with Crippen molar-refractivity contribution in [3.05, 3.63) is 34.1 Å². The third kappa shape index (κ3) is 3.96. The van der Waals surface area contributed by atoms with Gasteiger partial charge in [-0.1, -0.05) is 13.8 Å². The van der Waals surface area contributed by atoms with E-state index in [1.165, 1.54) is 12.1 Å². The van der Waals surface area contributed by atoms with Gasteiger partial charge in [-0.3, -0.25) is 10.1 Å². The van der Waals surface area contributed by atoms with E-state index in [0.29, 0.717) is 12.2 Å². The highest BCUT2D eigenvalue weighted by atomic mass is 19.1. The normalized spacial score (nSPS) is 10.7. The molecule has 1 aromatic rings. The fraction of sp³-hybridized carbons (Fsp3) is 0.500. The molecule has 0 atom stereocenters. The maximum Gasteiger partial charge on any atom is 0.295 e. The summed E-state index contributed by atoms with van der Waals surface area (Å²) in [4.78, 5) is 12.4. The predicted octanol–water partition coefficient (Wildman–Crippen LogP) is 2.49. The lowest BCUT2D eigenvalue weighted by molar-refractivity contribution is -0.384. The number of benzene rings is 1. The van der Waals surface area contributed by atoms with Crippen LogP contribution in [0, 0.1) is 15.9 Å². The molecule has 0 aliphatic carbocycles. The largest absolute Gasteiger partial charge is 0.378 e. The standard InChI is InChI=1S/C12H18FN3O2/c1-3-15(4-2)8-7-14-11-6-5-10(13)9-12(11)16(17)18/h5-6,9,14H,3-4,7-8H2,1-2H3. The van der Waals surface area contributed by atoms with E-state index in [1.807, 2.05) is 0 Å². The molecule has 6 heteroatoms. The van der Waals surface area contributed by atoms with Crippen molar-refractivity contribution in [3.63, 3.8) is 0 Å². The second-order valence-corrected chi connectivity index (χ2v) is 3.87. The highest BCUT2D eigenvalue weighted by Crippen LogP contribution is 2.24. The molecule has 0 spiro atoms. The predicted molar refractivity (Wildman–Crippen MR) is 69.3 cm³/mol. The Morgan fingerprint density at radius 3 is 2.61 bits per heavy atom. The van der Waals surface area contributed by atoms with Crippen molar-refractivity contribution in [2.75, 3.05) is 31.5 Å². The quantitative estimate of drug-likeness (QED) is 0.600. The summed E-state index contributed by atoms with van der Waals surface area (Å²) in [5.74, 6) is -0.601. The van der Waals surface area contributed by atoms with E-state index in [2.05, 4.69) is 24.1 Å². The van der Waals surface area contributed by atoms with Crippen LogP contribution in [0.25, 0.3) is 0 Å². The van der Waals surface area contributed by atoms with Gasteiger partial charge in [0, 0.05) is 13.1 Å². The van der Waals surface area contributed by atoms with Crippen molar-refractivity contribution < 1.29 is 9.31 Å². The first-order valence-electron chi connectivity index (χ1n) is 5.98. The average molecular weight is 255 g/mol. The second kappa shape index (κ2) is 6.90. The first kappa shape index (κ1) is 14.4. The Labute approximate surface area is 106 Å². The maximum atomic E-state index is 12.9. The Morgan fingerprint density at radius 2 is 2.06 bits per heavy atom. The number of hydrogen-bond donors (Lipinski definition) is 1. The zero-order valence-corrected chi connectivity index (χ0v) is 10.6. The molecule has 0 unspecified atom stereocenters. The number of nitro benzene ring substituents is 1. The Hall–Kier alpha value is -1.69. The molecule has 0 aromatic heterocycles. The molecule has 0 bridgehead atoms. The van der Waals surface area contributed by atoms with Crippen LogP contribution in [0.5, 0.6) is 0 Å². The zero-order valence-electron chi connectivity index (χ0n) is 10.6. The number of hydrogen-bond acceptors (Lipinski definition) is 4. The molecule has 0 saturated heterocycles. The Balaban J connectivity index is 2.64. The van der Waals surface area contributed by atoms with Crippen LogP contribution in [0.3, 0.4) is 0 Å². The van der Waals surface area contributed by atoms with Crippen LogP contribution >= 0.6 is 0 Å². The van der Waals surface area contributed by atoms with Gasteiger partial charge < -0.3 is 10.2 Å². The number of nitrogens with zero attached hydrogens (tertiary/aromatic N) is 2. The molecule has 5 nitrogen and oxygen atoms in total. The van der Waals surface area contributed by atoms with Crippen molar-refractivity contribution in [1.29, 1.82) is 0 Å². The summed E-state index contributed by atoms with van der Waals surface area (Å²) in [6, 6.07) is 3.54. The van der Waals surface area contributed by atoms with Crippen molar-refractivity contribution >= 4 is 11.4 Å². The van der Waals surface area contributed by atoms with Crippen molar-refractivity contribution in [2.24, 2.45) is 0 Å². The van der Waals surface area contributed by atoms with E-state index in [4.69, 9.17) is 0 Å². The Morgan fingerprint density at radius 1 is 1.39 bits per heavy atom. The molecule has 0 heterocycles. The summed E-state index contributed by atoms with van der Waals surface area (Å²) >= 11 is 0. The molecule has 0 saturated carbocycles. The van der Waals surface area contributed by atoms with Crippen LogP contribution in [-0.4, -0.2) is 36.0 Å². The van der Waals surface area contributed by atoms with Gasteiger partial charge in [-0.2, -0.15) is 0 Å². The van der Waals surface area contributed by atoms with Gasteiger partial charge in [0.1, 0.15) is 11.5 Å². The first-order chi connectivity index (χ1) is 8.58. The van der Waals surface area contributed by atoms with Gasteiger partial charge in [-0.15, -0.1) is 0 Å². The van der Waals surface area contributed by atoms with Crippen LogP contribution in [0.1, 0.15) is 13.8 Å². The van der Waals surface area contributed by atoms with Gasteiger partial charge in [-0.05, 0) is 25.2 Å². The molecular formula is C12H18FN3O2. The molecule has 1 rings (SSSR count). The lowest BCUT2D eigenvalue weighted by atomic mass is 10.2. The van der Waals surface area contributed by atoms with Crippen LogP contribution in [0.2, 0.25) is 0 Å². The molecule has 1 N–H and O–H groups in total. The van der Waals surface area contributed by atoms with Gasteiger partial charge in [0.2, 0.25) is 0 Å². The number of nitro groups is 1. The van der Waals surface area contributed by atoms with E-state index in [9.17, 15) is 14.5 Å². The third-order valence-corrected chi connectivity index (χ3v) is 2.79. The van der Waals surface area contributed by atoms with Crippen LogP contribution in [0.4, 0.5) is 15.8 Å². The molecule has 0 aliphatic rings. The number of nitrogens with one attached hydrogen (secondary N) is 1. The SMILES string of the molecule is CCN(CC)CCNc1ccc(F)cc1[N+](=O)[O-]. The summed E-state index contributed by atoms with van der Waals surface area (Å²) in [5, 5.41) is 13.7. The first-order valence-corrected chi connectivity index (χ1v) is 5.98. The minimum atomic E-state index is -0.601. The number of likely N-dealkylation sites (N-methyl/N-ethyl adjacent to an activating group) is 1.